The topological polar surface area (TPSA) is 65.5 Å². The maximum absolute atomic E-state index is 12.0. The predicted molar refractivity (Wildman–Crippen MR) is 94.0 cm³/mol. The molecule has 2 aromatic rings. The van der Waals surface area contributed by atoms with E-state index in [2.05, 4.69) is 21.3 Å². The summed E-state index contributed by atoms with van der Waals surface area (Å²) in [5.41, 5.74) is 1.95. The van der Waals surface area contributed by atoms with E-state index in [1.165, 1.54) is 5.56 Å². The molecule has 5 nitrogen and oxygen atoms in total. The minimum Gasteiger partial charge on any atom is -0.508 e. The summed E-state index contributed by atoms with van der Waals surface area (Å²) in [6, 6.07) is 11.2. The lowest BCUT2D eigenvalue weighted by Crippen LogP contribution is -2.35. The summed E-state index contributed by atoms with van der Waals surface area (Å²) in [6.45, 7) is 2.75. The van der Waals surface area contributed by atoms with Gasteiger partial charge in [0.2, 0.25) is 5.91 Å². The van der Waals surface area contributed by atoms with Gasteiger partial charge in [-0.15, -0.1) is 0 Å². The van der Waals surface area contributed by atoms with Crippen LogP contribution in [0.5, 0.6) is 5.75 Å². The third-order valence-electron chi connectivity index (χ3n) is 4.53. The summed E-state index contributed by atoms with van der Waals surface area (Å²) in [5, 5.41) is 12.5. The highest BCUT2D eigenvalue weighted by atomic mass is 16.3. The first-order valence-corrected chi connectivity index (χ1v) is 8.42. The van der Waals surface area contributed by atoms with Gasteiger partial charge in [0.15, 0.2) is 0 Å². The molecule has 0 aliphatic carbocycles. The van der Waals surface area contributed by atoms with E-state index in [9.17, 15) is 9.90 Å². The number of carbonyl (C=O) groups excluding carboxylic acids is 1. The lowest BCUT2D eigenvalue weighted by molar-refractivity contribution is -0.116. The molecule has 1 fully saturated rings. The summed E-state index contributed by atoms with van der Waals surface area (Å²) in [4.78, 5) is 18.3. The number of hydrogen-bond acceptors (Lipinski definition) is 4. The Morgan fingerprint density at radius 3 is 2.79 bits per heavy atom. The van der Waals surface area contributed by atoms with Crippen molar-refractivity contribution in [3.05, 3.63) is 54.4 Å². The number of phenols is 1. The van der Waals surface area contributed by atoms with Gasteiger partial charge in [0.1, 0.15) is 5.75 Å². The molecule has 1 aliphatic rings. The summed E-state index contributed by atoms with van der Waals surface area (Å²) in [7, 11) is 0. The Balaban J connectivity index is 1.42. The van der Waals surface area contributed by atoms with Crippen molar-refractivity contribution in [3.8, 4) is 5.75 Å². The average Bonchev–Trinajstić information content (AvgIpc) is 2.61. The molecule has 2 N–H and O–H groups in total. The highest BCUT2D eigenvalue weighted by molar-refractivity contribution is 5.90. The Morgan fingerprint density at radius 1 is 1.25 bits per heavy atom. The molecular weight excluding hydrogens is 302 g/mol. The first-order valence-electron chi connectivity index (χ1n) is 8.42. The Bertz CT molecular complexity index is 667. The Hall–Kier alpha value is -2.40. The molecule has 1 amide bonds. The Morgan fingerprint density at radius 2 is 2.08 bits per heavy atom. The van der Waals surface area contributed by atoms with Crippen LogP contribution in [0.15, 0.2) is 48.8 Å². The largest absolute Gasteiger partial charge is 0.508 e. The van der Waals surface area contributed by atoms with Crippen molar-refractivity contribution >= 4 is 11.6 Å². The Kier molecular flexibility index (Phi) is 5.43. The van der Waals surface area contributed by atoms with E-state index in [1.807, 2.05) is 24.3 Å². The van der Waals surface area contributed by atoms with Gasteiger partial charge in [-0.3, -0.25) is 9.78 Å². The van der Waals surface area contributed by atoms with E-state index in [-0.39, 0.29) is 5.91 Å². The molecule has 1 aliphatic heterocycles. The number of rotatable bonds is 5. The molecule has 3 rings (SSSR count). The van der Waals surface area contributed by atoms with Gasteiger partial charge in [-0.1, -0.05) is 12.1 Å². The average molecular weight is 325 g/mol. The zero-order chi connectivity index (χ0) is 16.8. The zero-order valence-corrected chi connectivity index (χ0v) is 13.7. The van der Waals surface area contributed by atoms with Gasteiger partial charge in [0.05, 0.1) is 11.9 Å². The SMILES string of the molecule is O=C(CCN1CCC(c2cccc(O)c2)CC1)Nc1cccnc1. The number of carbonyl (C=O) groups is 1. The minimum atomic E-state index is 0.0260. The number of nitrogens with zero attached hydrogens (tertiary/aromatic N) is 2. The molecule has 0 bridgehead atoms. The maximum atomic E-state index is 12.0. The number of benzene rings is 1. The molecule has 1 aromatic carbocycles. The van der Waals surface area contributed by atoms with E-state index in [0.29, 0.717) is 18.1 Å². The molecular formula is C19H23N3O2. The molecule has 1 saturated heterocycles. The van der Waals surface area contributed by atoms with Gasteiger partial charge in [-0.05, 0) is 61.7 Å². The molecule has 24 heavy (non-hydrogen) atoms. The lowest BCUT2D eigenvalue weighted by Gasteiger charge is -2.32. The minimum absolute atomic E-state index is 0.0260. The first kappa shape index (κ1) is 16.5. The van der Waals surface area contributed by atoms with Crippen LogP contribution in [-0.4, -0.2) is 40.5 Å². The molecule has 0 saturated carbocycles. The van der Waals surface area contributed by atoms with Crippen LogP contribution in [0.25, 0.3) is 0 Å². The number of anilines is 1. The van der Waals surface area contributed by atoms with Crippen molar-refractivity contribution in [3.63, 3.8) is 0 Å². The van der Waals surface area contributed by atoms with Crippen molar-refractivity contribution in [1.82, 2.24) is 9.88 Å². The number of piperidine rings is 1. The molecule has 2 heterocycles. The number of likely N-dealkylation sites (tertiary alicyclic amines) is 1. The van der Waals surface area contributed by atoms with Crippen LogP contribution in [0.1, 0.15) is 30.7 Å². The quantitative estimate of drug-likeness (QED) is 0.887. The summed E-state index contributed by atoms with van der Waals surface area (Å²) in [5.74, 6) is 0.859. The van der Waals surface area contributed by atoms with Crippen molar-refractivity contribution < 1.29 is 9.90 Å². The van der Waals surface area contributed by atoms with Gasteiger partial charge >= 0.3 is 0 Å². The smallest absolute Gasteiger partial charge is 0.225 e. The maximum Gasteiger partial charge on any atom is 0.225 e. The molecule has 0 atom stereocenters. The zero-order valence-electron chi connectivity index (χ0n) is 13.7. The number of hydrogen-bond donors (Lipinski definition) is 2. The highest BCUT2D eigenvalue weighted by Gasteiger charge is 2.21. The summed E-state index contributed by atoms with van der Waals surface area (Å²) >= 11 is 0. The van der Waals surface area contributed by atoms with Crippen LogP contribution < -0.4 is 5.32 Å². The second-order valence-corrected chi connectivity index (χ2v) is 6.25. The predicted octanol–water partition coefficient (Wildman–Crippen LogP) is 3.00. The molecule has 0 radical (unpaired) electrons. The third kappa shape index (κ3) is 4.55. The number of amides is 1. The summed E-state index contributed by atoms with van der Waals surface area (Å²) < 4.78 is 0. The van der Waals surface area contributed by atoms with Crippen molar-refractivity contribution in [2.75, 3.05) is 25.0 Å². The first-order chi connectivity index (χ1) is 11.7. The fourth-order valence-corrected chi connectivity index (χ4v) is 3.19. The van der Waals surface area contributed by atoms with Crippen LogP contribution in [0.4, 0.5) is 5.69 Å². The molecule has 1 aromatic heterocycles. The molecule has 0 spiro atoms. The van der Waals surface area contributed by atoms with Crippen LogP contribution in [-0.2, 0) is 4.79 Å². The van der Waals surface area contributed by atoms with E-state index in [0.717, 1.165) is 38.2 Å². The normalized spacial score (nSPS) is 16.0. The Labute approximate surface area is 142 Å². The van der Waals surface area contributed by atoms with Crippen LogP contribution in [0.3, 0.4) is 0 Å². The molecule has 0 unspecified atom stereocenters. The fraction of sp³-hybridized carbons (Fsp3) is 0.368. The second-order valence-electron chi connectivity index (χ2n) is 6.25. The van der Waals surface area contributed by atoms with Crippen molar-refractivity contribution in [2.24, 2.45) is 0 Å². The van der Waals surface area contributed by atoms with Crippen LogP contribution in [0, 0.1) is 0 Å². The lowest BCUT2D eigenvalue weighted by atomic mass is 9.89. The fourth-order valence-electron chi connectivity index (χ4n) is 3.19. The van der Waals surface area contributed by atoms with E-state index < -0.39 is 0 Å². The van der Waals surface area contributed by atoms with Gasteiger partial charge in [0.25, 0.3) is 0 Å². The number of nitrogens with one attached hydrogen (secondary N) is 1. The van der Waals surface area contributed by atoms with Gasteiger partial charge in [0, 0.05) is 19.2 Å². The number of pyridine rings is 1. The van der Waals surface area contributed by atoms with E-state index in [4.69, 9.17) is 0 Å². The van der Waals surface area contributed by atoms with E-state index >= 15 is 0 Å². The van der Waals surface area contributed by atoms with Gasteiger partial charge < -0.3 is 15.3 Å². The third-order valence-corrected chi connectivity index (χ3v) is 4.53. The standard InChI is InChI=1S/C19H23N3O2/c23-18-5-1-3-16(13-18)15-6-10-22(11-7-15)12-8-19(24)21-17-4-2-9-20-14-17/h1-5,9,13-15,23H,6-8,10-12H2,(H,21,24). The second kappa shape index (κ2) is 7.93. The van der Waals surface area contributed by atoms with Crippen molar-refractivity contribution in [2.45, 2.75) is 25.2 Å². The number of aromatic hydroxyl groups is 1. The van der Waals surface area contributed by atoms with Crippen molar-refractivity contribution in [1.29, 1.82) is 0 Å². The monoisotopic (exact) mass is 325 g/mol. The highest BCUT2D eigenvalue weighted by Crippen LogP contribution is 2.29. The summed E-state index contributed by atoms with van der Waals surface area (Å²) in [6.07, 6.45) is 5.96. The van der Waals surface area contributed by atoms with Gasteiger partial charge in [-0.2, -0.15) is 0 Å². The number of phenolic OH excluding ortho intramolecular Hbond substituents is 1. The van der Waals surface area contributed by atoms with E-state index in [1.54, 1.807) is 18.5 Å². The van der Waals surface area contributed by atoms with Crippen LogP contribution >= 0.6 is 0 Å². The van der Waals surface area contributed by atoms with Gasteiger partial charge in [-0.25, -0.2) is 0 Å². The number of aromatic nitrogens is 1. The molecule has 126 valence electrons. The van der Waals surface area contributed by atoms with Crippen LogP contribution in [0.2, 0.25) is 0 Å². The molecule has 5 heteroatoms.